The number of hydrogen-bond donors (Lipinski definition) is 1. The van der Waals surface area contributed by atoms with Gasteiger partial charge in [-0.2, -0.15) is 4.31 Å². The summed E-state index contributed by atoms with van der Waals surface area (Å²) in [5, 5.41) is 0. The Morgan fingerprint density at radius 1 is 1.50 bits per heavy atom. The van der Waals surface area contributed by atoms with Crippen molar-refractivity contribution in [2.24, 2.45) is 5.73 Å². The van der Waals surface area contributed by atoms with Gasteiger partial charge in [-0.1, -0.05) is 0 Å². The molecule has 1 rings (SSSR count). The molecule has 0 saturated carbocycles. The van der Waals surface area contributed by atoms with Crippen molar-refractivity contribution in [3.8, 4) is 5.75 Å². The molecule has 102 valence electrons. The van der Waals surface area contributed by atoms with Gasteiger partial charge in [0.05, 0.1) is 7.11 Å². The third-order valence-electron chi connectivity index (χ3n) is 2.76. The number of rotatable bonds is 5. The lowest BCUT2D eigenvalue weighted by molar-refractivity contribution is 0.392. The topological polar surface area (TPSA) is 72.6 Å². The number of halogens is 1. The van der Waals surface area contributed by atoms with E-state index in [-0.39, 0.29) is 17.5 Å². The highest BCUT2D eigenvalue weighted by molar-refractivity contribution is 9.10. The second kappa shape index (κ2) is 6.01. The summed E-state index contributed by atoms with van der Waals surface area (Å²) < 4.78 is 31.6. The maximum atomic E-state index is 12.4. The first-order valence-corrected chi connectivity index (χ1v) is 7.59. The summed E-state index contributed by atoms with van der Waals surface area (Å²) in [6, 6.07) is 4.55. The Balaban J connectivity index is 3.27. The first-order chi connectivity index (χ1) is 8.34. The SMILES string of the molecule is COc1ccc(Br)c(S(=O)(=O)N(C)C(C)CN)c1. The van der Waals surface area contributed by atoms with Crippen LogP contribution in [0.4, 0.5) is 0 Å². The minimum Gasteiger partial charge on any atom is -0.497 e. The molecule has 0 spiro atoms. The molecule has 0 aliphatic carbocycles. The molecule has 1 aromatic carbocycles. The molecule has 7 heteroatoms. The maximum absolute atomic E-state index is 12.4. The van der Waals surface area contributed by atoms with Crippen molar-refractivity contribution in [3.63, 3.8) is 0 Å². The Morgan fingerprint density at radius 2 is 2.11 bits per heavy atom. The van der Waals surface area contributed by atoms with Crippen LogP contribution in [0.15, 0.2) is 27.6 Å². The number of benzene rings is 1. The molecule has 2 N–H and O–H groups in total. The number of ether oxygens (including phenoxy) is 1. The predicted molar refractivity (Wildman–Crippen MR) is 74.2 cm³/mol. The maximum Gasteiger partial charge on any atom is 0.244 e. The second-order valence-corrected chi connectivity index (χ2v) is 6.72. The molecule has 0 aliphatic rings. The molecule has 1 aromatic rings. The van der Waals surface area contributed by atoms with Crippen molar-refractivity contribution < 1.29 is 13.2 Å². The average Bonchev–Trinajstić information content (AvgIpc) is 2.37. The molecule has 0 radical (unpaired) electrons. The van der Waals surface area contributed by atoms with E-state index in [1.807, 2.05) is 0 Å². The quantitative estimate of drug-likeness (QED) is 0.882. The van der Waals surface area contributed by atoms with Gasteiger partial charge < -0.3 is 10.5 Å². The van der Waals surface area contributed by atoms with Gasteiger partial charge in [-0.05, 0) is 35.0 Å². The fraction of sp³-hybridized carbons (Fsp3) is 0.455. The van der Waals surface area contributed by atoms with E-state index in [1.54, 1.807) is 19.1 Å². The zero-order valence-corrected chi connectivity index (χ0v) is 13.0. The largest absolute Gasteiger partial charge is 0.497 e. The van der Waals surface area contributed by atoms with E-state index in [1.165, 1.54) is 24.5 Å². The molecule has 18 heavy (non-hydrogen) atoms. The van der Waals surface area contributed by atoms with Crippen LogP contribution in [0.1, 0.15) is 6.92 Å². The summed E-state index contributed by atoms with van der Waals surface area (Å²) in [7, 11) is -0.583. The number of nitrogens with two attached hydrogens (primary N) is 1. The van der Waals surface area contributed by atoms with Crippen molar-refractivity contribution >= 4 is 26.0 Å². The molecular weight excluding hydrogens is 320 g/mol. The van der Waals surface area contributed by atoms with Crippen LogP contribution < -0.4 is 10.5 Å². The smallest absolute Gasteiger partial charge is 0.244 e. The standard InChI is InChI=1S/C11H17BrN2O3S/c1-8(7-13)14(2)18(15,16)11-6-9(17-3)4-5-10(11)12/h4-6,8H,7,13H2,1-3H3. The Labute approximate surface area is 116 Å². The number of sulfonamides is 1. The fourth-order valence-electron chi connectivity index (χ4n) is 1.35. The fourth-order valence-corrected chi connectivity index (χ4v) is 3.66. The van der Waals surface area contributed by atoms with Crippen LogP contribution in [-0.2, 0) is 10.0 Å². The summed E-state index contributed by atoms with van der Waals surface area (Å²) in [5.74, 6) is 0.491. The van der Waals surface area contributed by atoms with Gasteiger partial charge >= 0.3 is 0 Å². The third kappa shape index (κ3) is 3.03. The summed E-state index contributed by atoms with van der Waals surface area (Å²) >= 11 is 3.24. The van der Waals surface area contributed by atoms with Crippen LogP contribution in [0.3, 0.4) is 0 Å². The van der Waals surface area contributed by atoms with Crippen molar-refractivity contribution in [1.82, 2.24) is 4.31 Å². The van der Waals surface area contributed by atoms with E-state index in [4.69, 9.17) is 10.5 Å². The van der Waals surface area contributed by atoms with Crippen LogP contribution in [-0.4, -0.2) is 39.5 Å². The zero-order chi connectivity index (χ0) is 13.9. The molecular formula is C11H17BrN2O3S. The van der Waals surface area contributed by atoms with Crippen LogP contribution in [0, 0.1) is 0 Å². The van der Waals surface area contributed by atoms with Crippen molar-refractivity contribution in [2.45, 2.75) is 17.9 Å². The summed E-state index contributed by atoms with van der Waals surface area (Å²) in [6.45, 7) is 2.02. The lowest BCUT2D eigenvalue weighted by Gasteiger charge is -2.23. The highest BCUT2D eigenvalue weighted by Gasteiger charge is 2.27. The Bertz CT molecular complexity index is 519. The van der Waals surface area contributed by atoms with E-state index in [9.17, 15) is 8.42 Å². The van der Waals surface area contributed by atoms with E-state index in [0.717, 1.165) is 0 Å². The molecule has 0 amide bonds. The van der Waals surface area contributed by atoms with E-state index in [0.29, 0.717) is 10.2 Å². The number of nitrogens with zero attached hydrogens (tertiary/aromatic N) is 1. The van der Waals surface area contributed by atoms with Crippen LogP contribution in [0.25, 0.3) is 0 Å². The molecule has 0 saturated heterocycles. The van der Waals surface area contributed by atoms with Gasteiger partial charge in [0.2, 0.25) is 10.0 Å². The zero-order valence-electron chi connectivity index (χ0n) is 10.6. The van der Waals surface area contributed by atoms with E-state index in [2.05, 4.69) is 15.9 Å². The van der Waals surface area contributed by atoms with Gasteiger partial charge in [-0.15, -0.1) is 0 Å². The summed E-state index contributed by atoms with van der Waals surface area (Å²) in [5.41, 5.74) is 5.50. The van der Waals surface area contributed by atoms with Gasteiger partial charge in [0.15, 0.2) is 0 Å². The molecule has 1 unspecified atom stereocenters. The van der Waals surface area contributed by atoms with Crippen molar-refractivity contribution in [3.05, 3.63) is 22.7 Å². The van der Waals surface area contributed by atoms with Gasteiger partial charge in [0.25, 0.3) is 0 Å². The summed E-state index contributed by atoms with van der Waals surface area (Å²) in [4.78, 5) is 0.171. The molecule has 0 heterocycles. The van der Waals surface area contributed by atoms with Crippen LogP contribution in [0.2, 0.25) is 0 Å². The van der Waals surface area contributed by atoms with Gasteiger partial charge in [0, 0.05) is 30.2 Å². The highest BCUT2D eigenvalue weighted by Crippen LogP contribution is 2.29. The van der Waals surface area contributed by atoms with E-state index < -0.39 is 10.0 Å². The molecule has 5 nitrogen and oxygen atoms in total. The monoisotopic (exact) mass is 336 g/mol. The molecule has 1 atom stereocenters. The average molecular weight is 337 g/mol. The van der Waals surface area contributed by atoms with Gasteiger partial charge in [0.1, 0.15) is 10.6 Å². The lowest BCUT2D eigenvalue weighted by Crippen LogP contribution is -2.39. The van der Waals surface area contributed by atoms with Gasteiger partial charge in [-0.25, -0.2) is 8.42 Å². The van der Waals surface area contributed by atoms with Crippen LogP contribution >= 0.6 is 15.9 Å². The first kappa shape index (κ1) is 15.4. The Hall–Kier alpha value is -0.630. The Kier molecular flexibility index (Phi) is 5.15. The molecule has 0 aliphatic heterocycles. The normalized spacial score (nSPS) is 13.7. The van der Waals surface area contributed by atoms with Crippen molar-refractivity contribution in [2.75, 3.05) is 20.7 Å². The summed E-state index contributed by atoms with van der Waals surface area (Å²) in [6.07, 6.45) is 0. The molecule has 0 fully saturated rings. The number of hydrogen-bond acceptors (Lipinski definition) is 4. The van der Waals surface area contributed by atoms with Crippen LogP contribution in [0.5, 0.6) is 5.75 Å². The highest BCUT2D eigenvalue weighted by atomic mass is 79.9. The Morgan fingerprint density at radius 3 is 2.61 bits per heavy atom. The molecule has 0 bridgehead atoms. The van der Waals surface area contributed by atoms with Gasteiger partial charge in [-0.3, -0.25) is 0 Å². The van der Waals surface area contributed by atoms with E-state index >= 15 is 0 Å². The first-order valence-electron chi connectivity index (χ1n) is 5.36. The molecule has 0 aromatic heterocycles. The minimum atomic E-state index is -3.59. The third-order valence-corrected chi connectivity index (χ3v) is 5.72. The lowest BCUT2D eigenvalue weighted by atomic mass is 10.3. The number of likely N-dealkylation sites (N-methyl/N-ethyl adjacent to an activating group) is 1. The van der Waals surface area contributed by atoms with Crippen molar-refractivity contribution in [1.29, 1.82) is 0 Å². The second-order valence-electron chi connectivity index (χ2n) is 3.90. The number of methoxy groups -OCH3 is 1. The predicted octanol–water partition coefficient (Wildman–Crippen LogP) is 1.43. The minimum absolute atomic E-state index is 0.171.